The summed E-state index contributed by atoms with van der Waals surface area (Å²) in [6.07, 6.45) is 12.5. The lowest BCUT2D eigenvalue weighted by Gasteiger charge is -2.47. The van der Waals surface area contributed by atoms with Crippen molar-refractivity contribution in [1.82, 2.24) is 0 Å². The van der Waals surface area contributed by atoms with Crippen molar-refractivity contribution in [2.45, 2.75) is 97.5 Å². The Labute approximate surface area is 124 Å². The van der Waals surface area contributed by atoms with E-state index in [2.05, 4.69) is 13.8 Å². The lowest BCUT2D eigenvalue weighted by Crippen LogP contribution is -2.43. The Bertz CT molecular complexity index is 340. The molecule has 0 aliphatic heterocycles. The van der Waals surface area contributed by atoms with Gasteiger partial charge in [0, 0.05) is 0 Å². The molecule has 0 bridgehead atoms. The van der Waals surface area contributed by atoms with Gasteiger partial charge in [0.2, 0.25) is 0 Å². The second-order valence-corrected chi connectivity index (χ2v) is 8.14. The van der Waals surface area contributed by atoms with Gasteiger partial charge >= 0.3 is 5.97 Å². The van der Waals surface area contributed by atoms with Crippen molar-refractivity contribution in [1.29, 1.82) is 0 Å². The smallest absolute Gasteiger partial charge is 0.312 e. The predicted molar refractivity (Wildman–Crippen MR) is 82.6 cm³/mol. The molecule has 0 N–H and O–H groups in total. The molecule has 20 heavy (non-hydrogen) atoms. The highest BCUT2D eigenvalue weighted by Crippen LogP contribution is 2.51. The zero-order chi connectivity index (χ0) is 14.9. The first-order chi connectivity index (χ1) is 9.31. The highest BCUT2D eigenvalue weighted by Gasteiger charge is 2.44. The quantitative estimate of drug-likeness (QED) is 0.660. The Morgan fingerprint density at radius 1 is 1.00 bits per heavy atom. The lowest BCUT2D eigenvalue weighted by molar-refractivity contribution is -0.175. The van der Waals surface area contributed by atoms with E-state index in [-0.39, 0.29) is 17.0 Å². The molecular formula is C18H32O2. The minimum Gasteiger partial charge on any atom is -0.459 e. The highest BCUT2D eigenvalue weighted by molar-refractivity contribution is 5.76. The zero-order valence-corrected chi connectivity index (χ0v) is 13.9. The van der Waals surface area contributed by atoms with Gasteiger partial charge in [-0.3, -0.25) is 4.79 Å². The summed E-state index contributed by atoms with van der Waals surface area (Å²) in [7, 11) is 0. The molecule has 0 aromatic carbocycles. The van der Waals surface area contributed by atoms with Crippen molar-refractivity contribution in [3.05, 3.63) is 0 Å². The Morgan fingerprint density at radius 3 is 2.05 bits per heavy atom. The third kappa shape index (κ3) is 3.38. The average Bonchev–Trinajstić information content (AvgIpc) is 2.44. The van der Waals surface area contributed by atoms with E-state index >= 15 is 0 Å². The van der Waals surface area contributed by atoms with Gasteiger partial charge in [0.1, 0.15) is 5.60 Å². The summed E-state index contributed by atoms with van der Waals surface area (Å²) < 4.78 is 5.93. The fourth-order valence-corrected chi connectivity index (χ4v) is 3.72. The maximum absolute atomic E-state index is 12.3. The van der Waals surface area contributed by atoms with Crippen LogP contribution in [0, 0.1) is 10.8 Å². The van der Waals surface area contributed by atoms with E-state index in [1.807, 2.05) is 13.8 Å². The normalized spacial score (nSPS) is 25.4. The van der Waals surface area contributed by atoms with Crippen LogP contribution in [0.5, 0.6) is 0 Å². The lowest BCUT2D eigenvalue weighted by atomic mass is 9.62. The molecule has 0 unspecified atom stereocenters. The Hall–Kier alpha value is -0.530. The van der Waals surface area contributed by atoms with Gasteiger partial charge < -0.3 is 4.74 Å². The average molecular weight is 280 g/mol. The summed E-state index contributed by atoms with van der Waals surface area (Å²) in [5, 5.41) is 0. The molecule has 2 aliphatic carbocycles. The third-order valence-corrected chi connectivity index (χ3v) is 6.06. The zero-order valence-electron chi connectivity index (χ0n) is 13.9. The molecule has 2 fully saturated rings. The monoisotopic (exact) mass is 280 g/mol. The van der Waals surface area contributed by atoms with Crippen LogP contribution in [0.1, 0.15) is 91.9 Å². The van der Waals surface area contributed by atoms with Crippen LogP contribution in [0.25, 0.3) is 0 Å². The molecule has 0 saturated heterocycles. The second kappa shape index (κ2) is 5.69. The van der Waals surface area contributed by atoms with Crippen LogP contribution in [-0.4, -0.2) is 11.6 Å². The maximum atomic E-state index is 12.3. The van der Waals surface area contributed by atoms with Crippen LogP contribution in [0.2, 0.25) is 0 Å². The molecule has 0 atom stereocenters. The van der Waals surface area contributed by atoms with E-state index in [0.29, 0.717) is 5.41 Å². The number of rotatable bonds is 3. The van der Waals surface area contributed by atoms with E-state index < -0.39 is 0 Å². The molecule has 0 aromatic heterocycles. The summed E-state index contributed by atoms with van der Waals surface area (Å²) in [5.41, 5.74) is 0.0274. The number of carbonyl (C=O) groups excluding carboxylic acids is 1. The minimum absolute atomic E-state index is 0.0119. The van der Waals surface area contributed by atoms with Crippen molar-refractivity contribution in [3.63, 3.8) is 0 Å². The number of ether oxygens (including phenoxy) is 1. The number of hydrogen-bond acceptors (Lipinski definition) is 2. The standard InChI is InChI=1S/C18H32O2/c1-5-16(2,3)15(19)20-17(4)11-13-18(14-12-17)9-7-6-8-10-18/h5-14H2,1-4H3. The van der Waals surface area contributed by atoms with Gasteiger partial charge in [0.05, 0.1) is 5.41 Å². The largest absolute Gasteiger partial charge is 0.459 e. The van der Waals surface area contributed by atoms with Crippen LogP contribution in [-0.2, 0) is 9.53 Å². The van der Waals surface area contributed by atoms with Crippen molar-refractivity contribution in [2.24, 2.45) is 10.8 Å². The summed E-state index contributed by atoms with van der Waals surface area (Å²) in [6, 6.07) is 0. The molecule has 2 nitrogen and oxygen atoms in total. The van der Waals surface area contributed by atoms with E-state index in [9.17, 15) is 4.79 Å². The van der Waals surface area contributed by atoms with Gasteiger partial charge in [-0.25, -0.2) is 0 Å². The van der Waals surface area contributed by atoms with Gasteiger partial charge in [-0.1, -0.05) is 26.2 Å². The Morgan fingerprint density at radius 2 is 1.55 bits per heavy atom. The fourth-order valence-electron chi connectivity index (χ4n) is 3.72. The molecule has 2 aliphatic rings. The molecule has 0 amide bonds. The second-order valence-electron chi connectivity index (χ2n) is 8.14. The predicted octanol–water partition coefficient (Wildman–Crippen LogP) is 5.25. The maximum Gasteiger partial charge on any atom is 0.312 e. The van der Waals surface area contributed by atoms with Gasteiger partial charge in [-0.05, 0) is 71.1 Å². The molecule has 0 radical (unpaired) electrons. The van der Waals surface area contributed by atoms with E-state index in [0.717, 1.165) is 19.3 Å². The summed E-state index contributed by atoms with van der Waals surface area (Å²) in [5.74, 6) is -0.0119. The summed E-state index contributed by atoms with van der Waals surface area (Å²) >= 11 is 0. The van der Waals surface area contributed by atoms with Crippen LogP contribution in [0.4, 0.5) is 0 Å². The molecular weight excluding hydrogens is 248 g/mol. The summed E-state index contributed by atoms with van der Waals surface area (Å²) in [4.78, 5) is 12.3. The van der Waals surface area contributed by atoms with Gasteiger partial charge in [0.25, 0.3) is 0 Å². The minimum atomic E-state index is -0.344. The Kier molecular flexibility index (Phi) is 4.51. The van der Waals surface area contributed by atoms with E-state index in [4.69, 9.17) is 4.74 Å². The van der Waals surface area contributed by atoms with E-state index in [1.54, 1.807) is 0 Å². The molecule has 2 heteroatoms. The topological polar surface area (TPSA) is 26.3 Å². The van der Waals surface area contributed by atoms with Crippen molar-refractivity contribution in [2.75, 3.05) is 0 Å². The van der Waals surface area contributed by atoms with Crippen LogP contribution >= 0.6 is 0 Å². The first-order valence-electron chi connectivity index (χ1n) is 8.54. The van der Waals surface area contributed by atoms with Crippen molar-refractivity contribution in [3.8, 4) is 0 Å². The number of hydrogen-bond donors (Lipinski definition) is 0. The van der Waals surface area contributed by atoms with Crippen LogP contribution in [0.15, 0.2) is 0 Å². The summed E-state index contributed by atoms with van der Waals surface area (Å²) in [6.45, 7) is 8.18. The SMILES string of the molecule is CCC(C)(C)C(=O)OC1(C)CCC2(CCCCC2)CC1. The fraction of sp³-hybridized carbons (Fsp3) is 0.944. The molecule has 2 saturated carbocycles. The third-order valence-electron chi connectivity index (χ3n) is 6.06. The molecule has 116 valence electrons. The number of esters is 1. The van der Waals surface area contributed by atoms with E-state index in [1.165, 1.54) is 44.9 Å². The van der Waals surface area contributed by atoms with Gasteiger partial charge in [-0.15, -0.1) is 0 Å². The molecule has 2 rings (SSSR count). The van der Waals surface area contributed by atoms with Crippen LogP contribution < -0.4 is 0 Å². The first kappa shape index (κ1) is 15.9. The van der Waals surface area contributed by atoms with Crippen molar-refractivity contribution >= 4 is 5.97 Å². The van der Waals surface area contributed by atoms with Gasteiger partial charge in [0.15, 0.2) is 0 Å². The van der Waals surface area contributed by atoms with Crippen molar-refractivity contribution < 1.29 is 9.53 Å². The first-order valence-corrected chi connectivity index (χ1v) is 8.54. The highest BCUT2D eigenvalue weighted by atomic mass is 16.6. The van der Waals surface area contributed by atoms with Crippen LogP contribution in [0.3, 0.4) is 0 Å². The number of carbonyl (C=O) groups is 1. The molecule has 0 heterocycles. The molecule has 0 aromatic rings. The van der Waals surface area contributed by atoms with Gasteiger partial charge in [-0.2, -0.15) is 0 Å². The Balaban J connectivity index is 1.92. The molecule has 1 spiro atoms.